The molecule has 0 spiro atoms. The standard InChI is InChI=1S/C17H23BrN2O2/c1-13(2)7-8-16(21)19-9-11-20(12-10-19)17(22)14-5-3-4-6-15(14)18/h3-6,13H,7-12H2,1-2H3. The zero-order chi connectivity index (χ0) is 16.1. The first-order valence-electron chi connectivity index (χ1n) is 7.80. The second-order valence-corrected chi connectivity index (χ2v) is 6.94. The van der Waals surface area contributed by atoms with Crippen molar-refractivity contribution in [3.63, 3.8) is 0 Å². The van der Waals surface area contributed by atoms with E-state index in [1.165, 1.54) is 0 Å². The average molecular weight is 367 g/mol. The largest absolute Gasteiger partial charge is 0.339 e. The van der Waals surface area contributed by atoms with Gasteiger partial charge in [-0.05, 0) is 40.4 Å². The fourth-order valence-corrected chi connectivity index (χ4v) is 2.99. The zero-order valence-corrected chi connectivity index (χ0v) is 14.8. The van der Waals surface area contributed by atoms with Crippen molar-refractivity contribution in [2.75, 3.05) is 26.2 Å². The van der Waals surface area contributed by atoms with Gasteiger partial charge in [0.1, 0.15) is 0 Å². The third-order valence-electron chi connectivity index (χ3n) is 3.96. The summed E-state index contributed by atoms with van der Waals surface area (Å²) in [6.45, 7) is 6.73. The first-order valence-corrected chi connectivity index (χ1v) is 8.60. The molecule has 1 aromatic rings. The van der Waals surface area contributed by atoms with E-state index in [9.17, 15) is 9.59 Å². The highest BCUT2D eigenvalue weighted by Gasteiger charge is 2.25. The summed E-state index contributed by atoms with van der Waals surface area (Å²) in [5.74, 6) is 0.783. The summed E-state index contributed by atoms with van der Waals surface area (Å²) < 4.78 is 0.815. The molecule has 1 aliphatic heterocycles. The molecule has 1 saturated heterocycles. The van der Waals surface area contributed by atoms with E-state index in [0.29, 0.717) is 44.1 Å². The molecule has 0 saturated carbocycles. The molecule has 120 valence electrons. The Bertz CT molecular complexity index is 537. The van der Waals surface area contributed by atoms with Crippen LogP contribution in [-0.4, -0.2) is 47.8 Å². The van der Waals surface area contributed by atoms with Crippen LogP contribution >= 0.6 is 15.9 Å². The van der Waals surface area contributed by atoms with Crippen LogP contribution in [0.4, 0.5) is 0 Å². The Labute approximate surface area is 140 Å². The summed E-state index contributed by atoms with van der Waals surface area (Å²) in [6, 6.07) is 7.46. The average Bonchev–Trinajstić information content (AvgIpc) is 2.52. The first kappa shape index (κ1) is 17.0. The summed E-state index contributed by atoms with van der Waals surface area (Å²) in [4.78, 5) is 28.3. The fourth-order valence-electron chi connectivity index (χ4n) is 2.53. The maximum absolute atomic E-state index is 12.5. The van der Waals surface area contributed by atoms with Crippen LogP contribution in [0.15, 0.2) is 28.7 Å². The van der Waals surface area contributed by atoms with Crippen LogP contribution in [0.3, 0.4) is 0 Å². The predicted octanol–water partition coefficient (Wildman–Crippen LogP) is 3.17. The fraction of sp³-hybridized carbons (Fsp3) is 0.529. The van der Waals surface area contributed by atoms with Crippen LogP contribution in [0.5, 0.6) is 0 Å². The lowest BCUT2D eigenvalue weighted by atomic mass is 10.1. The van der Waals surface area contributed by atoms with Crippen molar-refractivity contribution in [3.8, 4) is 0 Å². The van der Waals surface area contributed by atoms with Gasteiger partial charge in [0.25, 0.3) is 5.91 Å². The van der Waals surface area contributed by atoms with Crippen molar-refractivity contribution in [3.05, 3.63) is 34.3 Å². The van der Waals surface area contributed by atoms with Crippen LogP contribution in [0, 0.1) is 5.92 Å². The molecule has 2 amide bonds. The molecular weight excluding hydrogens is 344 g/mol. The van der Waals surface area contributed by atoms with Gasteiger partial charge in [-0.2, -0.15) is 0 Å². The maximum Gasteiger partial charge on any atom is 0.255 e. The number of halogens is 1. The van der Waals surface area contributed by atoms with E-state index in [1.54, 1.807) is 0 Å². The Morgan fingerprint density at radius 1 is 1.09 bits per heavy atom. The Hall–Kier alpha value is -1.36. The molecule has 0 N–H and O–H groups in total. The number of carbonyl (C=O) groups is 2. The molecule has 22 heavy (non-hydrogen) atoms. The molecule has 1 aliphatic rings. The van der Waals surface area contributed by atoms with Gasteiger partial charge in [-0.1, -0.05) is 26.0 Å². The Balaban J connectivity index is 1.88. The molecule has 2 rings (SSSR count). The number of hydrogen-bond donors (Lipinski definition) is 0. The topological polar surface area (TPSA) is 40.6 Å². The molecule has 0 bridgehead atoms. The third-order valence-corrected chi connectivity index (χ3v) is 4.65. The van der Waals surface area contributed by atoms with Crippen LogP contribution < -0.4 is 0 Å². The van der Waals surface area contributed by atoms with Gasteiger partial charge in [-0.25, -0.2) is 0 Å². The van der Waals surface area contributed by atoms with Gasteiger partial charge in [0.05, 0.1) is 5.56 Å². The van der Waals surface area contributed by atoms with Crippen molar-refractivity contribution in [2.24, 2.45) is 5.92 Å². The van der Waals surface area contributed by atoms with E-state index < -0.39 is 0 Å². The van der Waals surface area contributed by atoms with Gasteiger partial charge in [0, 0.05) is 37.1 Å². The molecule has 0 aliphatic carbocycles. The van der Waals surface area contributed by atoms with Crippen LogP contribution in [-0.2, 0) is 4.79 Å². The van der Waals surface area contributed by atoms with Crippen LogP contribution in [0.2, 0.25) is 0 Å². The Kier molecular flexibility index (Phi) is 6.00. The number of hydrogen-bond acceptors (Lipinski definition) is 2. The highest BCUT2D eigenvalue weighted by Crippen LogP contribution is 2.19. The highest BCUT2D eigenvalue weighted by atomic mass is 79.9. The SMILES string of the molecule is CC(C)CCC(=O)N1CCN(C(=O)c2ccccc2Br)CC1. The molecule has 0 radical (unpaired) electrons. The van der Waals surface area contributed by atoms with Gasteiger partial charge in [0.15, 0.2) is 0 Å². The predicted molar refractivity (Wildman–Crippen MR) is 90.7 cm³/mol. The van der Waals surface area contributed by atoms with Crippen molar-refractivity contribution < 1.29 is 9.59 Å². The molecule has 0 atom stereocenters. The lowest BCUT2D eigenvalue weighted by Gasteiger charge is -2.35. The lowest BCUT2D eigenvalue weighted by molar-refractivity contribution is -0.132. The summed E-state index contributed by atoms with van der Waals surface area (Å²) >= 11 is 3.42. The van der Waals surface area contributed by atoms with E-state index in [1.807, 2.05) is 34.1 Å². The highest BCUT2D eigenvalue weighted by molar-refractivity contribution is 9.10. The summed E-state index contributed by atoms with van der Waals surface area (Å²) in [6.07, 6.45) is 1.53. The smallest absolute Gasteiger partial charge is 0.255 e. The summed E-state index contributed by atoms with van der Waals surface area (Å²) in [5.41, 5.74) is 0.682. The van der Waals surface area contributed by atoms with Crippen LogP contribution in [0.1, 0.15) is 37.0 Å². The molecule has 1 fully saturated rings. The van der Waals surface area contributed by atoms with Crippen molar-refractivity contribution in [1.82, 2.24) is 9.80 Å². The molecular formula is C17H23BrN2O2. The summed E-state index contributed by atoms with van der Waals surface area (Å²) in [5, 5.41) is 0. The van der Waals surface area contributed by atoms with Gasteiger partial charge < -0.3 is 9.80 Å². The van der Waals surface area contributed by atoms with Crippen molar-refractivity contribution in [2.45, 2.75) is 26.7 Å². The van der Waals surface area contributed by atoms with Crippen molar-refractivity contribution in [1.29, 1.82) is 0 Å². The second-order valence-electron chi connectivity index (χ2n) is 6.09. The van der Waals surface area contributed by atoms with Crippen LogP contribution in [0.25, 0.3) is 0 Å². The number of benzene rings is 1. The molecule has 0 unspecified atom stereocenters. The molecule has 4 nitrogen and oxygen atoms in total. The molecule has 1 heterocycles. The minimum Gasteiger partial charge on any atom is -0.339 e. The number of amides is 2. The first-order chi connectivity index (χ1) is 10.5. The van der Waals surface area contributed by atoms with Gasteiger partial charge in [-0.3, -0.25) is 9.59 Å². The van der Waals surface area contributed by atoms with E-state index in [2.05, 4.69) is 29.8 Å². The lowest BCUT2D eigenvalue weighted by Crippen LogP contribution is -2.50. The zero-order valence-electron chi connectivity index (χ0n) is 13.2. The van der Waals surface area contributed by atoms with E-state index in [4.69, 9.17) is 0 Å². The third kappa shape index (κ3) is 4.32. The second kappa shape index (κ2) is 7.77. The minimum atomic E-state index is 0.0294. The number of nitrogens with zero attached hydrogens (tertiary/aromatic N) is 2. The van der Waals surface area contributed by atoms with Crippen molar-refractivity contribution >= 4 is 27.7 Å². The monoisotopic (exact) mass is 366 g/mol. The number of piperazine rings is 1. The molecule has 1 aromatic carbocycles. The molecule has 0 aromatic heterocycles. The Morgan fingerprint density at radius 3 is 2.27 bits per heavy atom. The normalized spacial score (nSPS) is 15.3. The van der Waals surface area contributed by atoms with Gasteiger partial charge in [-0.15, -0.1) is 0 Å². The molecule has 5 heteroatoms. The number of carbonyl (C=O) groups excluding carboxylic acids is 2. The van der Waals surface area contributed by atoms with E-state index >= 15 is 0 Å². The van der Waals surface area contributed by atoms with E-state index in [-0.39, 0.29) is 11.8 Å². The minimum absolute atomic E-state index is 0.0294. The maximum atomic E-state index is 12.5. The number of rotatable bonds is 4. The van der Waals surface area contributed by atoms with E-state index in [0.717, 1.165) is 10.9 Å². The summed E-state index contributed by atoms with van der Waals surface area (Å²) in [7, 11) is 0. The quantitative estimate of drug-likeness (QED) is 0.820. The van der Waals surface area contributed by atoms with Gasteiger partial charge >= 0.3 is 0 Å². The Morgan fingerprint density at radius 2 is 1.68 bits per heavy atom. The van der Waals surface area contributed by atoms with Gasteiger partial charge in [0.2, 0.25) is 5.91 Å².